The number of likely N-dealkylation sites (N-methyl/N-ethyl adjacent to an activating group) is 1. The van der Waals surface area contributed by atoms with Crippen molar-refractivity contribution in [2.75, 3.05) is 59.0 Å². The number of benzene rings is 1. The number of piperazine rings is 1. The van der Waals surface area contributed by atoms with Crippen molar-refractivity contribution in [1.29, 1.82) is 0 Å². The Bertz CT molecular complexity index is 713. The average Bonchev–Trinajstić information content (AvgIpc) is 3.39. The van der Waals surface area contributed by atoms with E-state index in [2.05, 4.69) is 54.4 Å². The molecule has 2 atom stereocenters. The summed E-state index contributed by atoms with van der Waals surface area (Å²) in [4.78, 5) is 7.58. The van der Waals surface area contributed by atoms with Crippen molar-refractivity contribution in [3.05, 3.63) is 29.8 Å². The molecule has 2 unspecified atom stereocenters. The van der Waals surface area contributed by atoms with Crippen LogP contribution in [0.25, 0.3) is 11.4 Å². The summed E-state index contributed by atoms with van der Waals surface area (Å²) < 4.78 is 0. The maximum atomic E-state index is 9.90. The predicted octanol–water partition coefficient (Wildman–Crippen LogP) is 0.545. The third-order valence-corrected chi connectivity index (χ3v) is 6.26. The standard InChI is InChI=1S/C20H31N7O/c1-2-25-7-9-26(10-8-25)12-18-13-27(14-19(18)15-28)11-16-3-5-17(6-4-16)20-21-23-24-22-20/h3-6,18-19,28H,2,7-15H2,1H3,(H,21,22,23,24). The van der Waals surface area contributed by atoms with E-state index in [9.17, 15) is 5.11 Å². The number of aromatic amines is 1. The van der Waals surface area contributed by atoms with Crippen LogP contribution in [0.4, 0.5) is 0 Å². The van der Waals surface area contributed by atoms with Crippen LogP contribution in [0.3, 0.4) is 0 Å². The number of hydrogen-bond acceptors (Lipinski definition) is 7. The highest BCUT2D eigenvalue weighted by molar-refractivity contribution is 5.54. The largest absolute Gasteiger partial charge is 0.396 e. The number of hydrogen-bond donors (Lipinski definition) is 2. The van der Waals surface area contributed by atoms with E-state index in [1.54, 1.807) is 0 Å². The van der Waals surface area contributed by atoms with E-state index in [1.165, 1.54) is 18.7 Å². The summed E-state index contributed by atoms with van der Waals surface area (Å²) in [5.41, 5.74) is 2.25. The van der Waals surface area contributed by atoms with Crippen LogP contribution in [-0.2, 0) is 6.54 Å². The monoisotopic (exact) mass is 385 g/mol. The van der Waals surface area contributed by atoms with E-state index in [0.717, 1.165) is 51.4 Å². The highest BCUT2D eigenvalue weighted by Gasteiger charge is 2.33. The highest BCUT2D eigenvalue weighted by Crippen LogP contribution is 2.26. The van der Waals surface area contributed by atoms with Crippen LogP contribution in [0, 0.1) is 11.8 Å². The Kier molecular flexibility index (Phi) is 6.31. The summed E-state index contributed by atoms with van der Waals surface area (Å²) in [6.07, 6.45) is 0. The number of tetrazole rings is 1. The van der Waals surface area contributed by atoms with E-state index in [4.69, 9.17) is 0 Å². The summed E-state index contributed by atoms with van der Waals surface area (Å²) in [5, 5.41) is 24.0. The van der Waals surface area contributed by atoms with Gasteiger partial charge in [0.15, 0.2) is 0 Å². The summed E-state index contributed by atoms with van der Waals surface area (Å²) >= 11 is 0. The molecule has 8 heteroatoms. The average molecular weight is 386 g/mol. The normalized spacial score (nSPS) is 24.8. The Balaban J connectivity index is 1.31. The molecule has 0 bridgehead atoms. The van der Waals surface area contributed by atoms with Crippen LogP contribution < -0.4 is 0 Å². The Labute approximate surface area is 166 Å². The van der Waals surface area contributed by atoms with Crippen LogP contribution in [-0.4, -0.2) is 99.4 Å². The fourth-order valence-corrected chi connectivity index (χ4v) is 4.50. The first kappa shape index (κ1) is 19.4. The van der Waals surface area contributed by atoms with Crippen molar-refractivity contribution in [3.63, 3.8) is 0 Å². The fraction of sp³-hybridized carbons (Fsp3) is 0.650. The van der Waals surface area contributed by atoms with Gasteiger partial charge in [-0.1, -0.05) is 31.2 Å². The van der Waals surface area contributed by atoms with Gasteiger partial charge in [0.1, 0.15) is 0 Å². The molecule has 2 fully saturated rings. The highest BCUT2D eigenvalue weighted by atomic mass is 16.3. The number of likely N-dealkylation sites (tertiary alicyclic amines) is 1. The minimum Gasteiger partial charge on any atom is -0.396 e. The lowest BCUT2D eigenvalue weighted by molar-refractivity contribution is 0.106. The summed E-state index contributed by atoms with van der Waals surface area (Å²) in [6, 6.07) is 8.36. The van der Waals surface area contributed by atoms with Gasteiger partial charge in [-0.05, 0) is 29.2 Å². The molecule has 2 N–H and O–H groups in total. The minimum absolute atomic E-state index is 0.285. The van der Waals surface area contributed by atoms with Gasteiger partial charge < -0.3 is 14.9 Å². The van der Waals surface area contributed by atoms with Gasteiger partial charge in [-0.3, -0.25) is 4.90 Å². The molecule has 2 saturated heterocycles. The first-order valence-corrected chi connectivity index (χ1v) is 10.4. The Morgan fingerprint density at radius 3 is 2.36 bits per heavy atom. The van der Waals surface area contributed by atoms with E-state index in [1.807, 2.05) is 12.1 Å². The van der Waals surface area contributed by atoms with Crippen molar-refractivity contribution < 1.29 is 5.11 Å². The fourth-order valence-electron chi connectivity index (χ4n) is 4.50. The van der Waals surface area contributed by atoms with Crippen molar-refractivity contribution in [1.82, 2.24) is 35.3 Å². The SMILES string of the molecule is CCN1CCN(CC2CN(Cc3ccc(-c4nn[nH]n4)cc3)CC2CO)CC1. The molecule has 0 aliphatic carbocycles. The molecule has 8 nitrogen and oxygen atoms in total. The van der Waals surface area contributed by atoms with Gasteiger partial charge in [0.05, 0.1) is 0 Å². The molecule has 0 spiro atoms. The van der Waals surface area contributed by atoms with E-state index < -0.39 is 0 Å². The van der Waals surface area contributed by atoms with Gasteiger partial charge in [-0.15, -0.1) is 10.2 Å². The summed E-state index contributed by atoms with van der Waals surface area (Å²) in [5.74, 6) is 1.55. The Hall–Kier alpha value is -1.87. The zero-order chi connectivity index (χ0) is 19.3. The minimum atomic E-state index is 0.285. The number of aliphatic hydroxyl groups is 1. The van der Waals surface area contributed by atoms with Gasteiger partial charge >= 0.3 is 0 Å². The van der Waals surface area contributed by atoms with Crippen LogP contribution in [0.1, 0.15) is 12.5 Å². The van der Waals surface area contributed by atoms with Gasteiger partial charge in [0.2, 0.25) is 5.82 Å². The first-order chi connectivity index (χ1) is 13.7. The molecule has 2 aliphatic rings. The predicted molar refractivity (Wildman–Crippen MR) is 108 cm³/mol. The Morgan fingerprint density at radius 2 is 1.71 bits per heavy atom. The second kappa shape index (κ2) is 9.09. The molecule has 0 saturated carbocycles. The molecule has 0 amide bonds. The molecule has 2 aromatic rings. The number of aliphatic hydroxyl groups excluding tert-OH is 1. The lowest BCUT2D eigenvalue weighted by Gasteiger charge is -2.36. The van der Waals surface area contributed by atoms with Gasteiger partial charge in [0, 0.05) is 64.5 Å². The number of nitrogens with one attached hydrogen (secondary N) is 1. The second-order valence-corrected chi connectivity index (χ2v) is 8.06. The molecule has 0 radical (unpaired) electrons. The van der Waals surface area contributed by atoms with E-state index >= 15 is 0 Å². The van der Waals surface area contributed by atoms with Crippen molar-refractivity contribution >= 4 is 0 Å². The second-order valence-electron chi connectivity index (χ2n) is 8.06. The molecule has 1 aromatic heterocycles. The number of rotatable bonds is 7. The lowest BCUT2D eigenvalue weighted by Crippen LogP contribution is -2.48. The topological polar surface area (TPSA) is 84.4 Å². The van der Waals surface area contributed by atoms with Crippen molar-refractivity contribution in [3.8, 4) is 11.4 Å². The van der Waals surface area contributed by atoms with Crippen LogP contribution in [0.2, 0.25) is 0 Å². The number of H-pyrrole nitrogens is 1. The third-order valence-electron chi connectivity index (χ3n) is 6.26. The van der Waals surface area contributed by atoms with Gasteiger partial charge in [-0.2, -0.15) is 5.21 Å². The molecule has 28 heavy (non-hydrogen) atoms. The maximum absolute atomic E-state index is 9.90. The van der Waals surface area contributed by atoms with Crippen molar-refractivity contribution in [2.24, 2.45) is 11.8 Å². The molecule has 2 aliphatic heterocycles. The third kappa shape index (κ3) is 4.57. The molecular formula is C20H31N7O. The molecule has 1 aromatic carbocycles. The zero-order valence-corrected chi connectivity index (χ0v) is 16.7. The van der Waals surface area contributed by atoms with Crippen LogP contribution >= 0.6 is 0 Å². The maximum Gasteiger partial charge on any atom is 0.204 e. The van der Waals surface area contributed by atoms with Crippen LogP contribution in [0.5, 0.6) is 0 Å². The molecule has 152 valence electrons. The Morgan fingerprint density at radius 1 is 1.00 bits per heavy atom. The van der Waals surface area contributed by atoms with Crippen LogP contribution in [0.15, 0.2) is 24.3 Å². The smallest absolute Gasteiger partial charge is 0.204 e. The van der Waals surface area contributed by atoms with Gasteiger partial charge in [-0.25, -0.2) is 0 Å². The summed E-state index contributed by atoms with van der Waals surface area (Å²) in [7, 11) is 0. The van der Waals surface area contributed by atoms with E-state index in [0.29, 0.717) is 17.7 Å². The van der Waals surface area contributed by atoms with Crippen molar-refractivity contribution in [2.45, 2.75) is 13.5 Å². The molecule has 3 heterocycles. The molecule has 4 rings (SSSR count). The zero-order valence-electron chi connectivity index (χ0n) is 16.7. The number of aromatic nitrogens is 4. The number of nitrogens with zero attached hydrogens (tertiary/aromatic N) is 6. The quantitative estimate of drug-likeness (QED) is 0.720. The van der Waals surface area contributed by atoms with E-state index in [-0.39, 0.29) is 6.61 Å². The van der Waals surface area contributed by atoms with Gasteiger partial charge in [0.25, 0.3) is 0 Å². The molecular weight excluding hydrogens is 354 g/mol. The lowest BCUT2D eigenvalue weighted by atomic mass is 9.96. The first-order valence-electron chi connectivity index (χ1n) is 10.4. The summed E-state index contributed by atoms with van der Waals surface area (Å²) in [6.45, 7) is 12.4.